The number of hydrogen-bond acceptors (Lipinski definition) is 3. The molecule has 1 N–H and O–H groups in total. The van der Waals surface area contributed by atoms with Gasteiger partial charge in [-0.1, -0.05) is 19.1 Å². The maximum absolute atomic E-state index is 11.0. The van der Waals surface area contributed by atoms with Crippen LogP contribution in [0.4, 0.5) is 0 Å². The van der Waals surface area contributed by atoms with Crippen molar-refractivity contribution >= 4 is 17.7 Å². The van der Waals surface area contributed by atoms with Crippen LogP contribution in [0.25, 0.3) is 0 Å². The van der Waals surface area contributed by atoms with Crippen molar-refractivity contribution in [2.45, 2.75) is 31.3 Å². The van der Waals surface area contributed by atoms with E-state index in [0.717, 1.165) is 11.5 Å². The highest BCUT2D eigenvalue weighted by molar-refractivity contribution is 7.99. The molecule has 0 aliphatic rings. The molecule has 1 atom stereocenters. The predicted octanol–water partition coefficient (Wildman–Crippen LogP) is 3.43. The van der Waals surface area contributed by atoms with Crippen LogP contribution in [-0.4, -0.2) is 22.9 Å². The molecule has 0 spiro atoms. The highest BCUT2D eigenvalue weighted by Gasteiger charge is 2.31. The van der Waals surface area contributed by atoms with Gasteiger partial charge < -0.3 is 9.84 Å². The Morgan fingerprint density at radius 2 is 1.94 bits per heavy atom. The fourth-order valence-electron chi connectivity index (χ4n) is 1.41. The maximum Gasteiger partial charge on any atom is 0.307 e. The van der Waals surface area contributed by atoms with Gasteiger partial charge in [0, 0.05) is 10.5 Å². The molecule has 1 unspecified atom stereocenters. The SMILES string of the molecule is COc1ccc(CSC(C)(C)C(C)C(=O)O)cc1. The summed E-state index contributed by atoms with van der Waals surface area (Å²) in [6.45, 7) is 5.70. The monoisotopic (exact) mass is 268 g/mol. The second-order valence-electron chi connectivity index (χ2n) is 4.80. The Labute approximate surface area is 113 Å². The van der Waals surface area contributed by atoms with E-state index in [0.29, 0.717) is 0 Å². The first-order valence-electron chi connectivity index (χ1n) is 5.86. The van der Waals surface area contributed by atoms with Crippen molar-refractivity contribution in [3.8, 4) is 5.75 Å². The minimum atomic E-state index is -0.748. The van der Waals surface area contributed by atoms with Crippen molar-refractivity contribution in [2.24, 2.45) is 5.92 Å². The molecule has 1 aromatic rings. The lowest BCUT2D eigenvalue weighted by Crippen LogP contribution is -2.31. The minimum absolute atomic E-state index is 0.286. The second-order valence-corrected chi connectivity index (χ2v) is 6.43. The third-order valence-corrected chi connectivity index (χ3v) is 4.76. The fourth-order valence-corrected chi connectivity index (χ4v) is 2.50. The molecule has 0 aromatic heterocycles. The van der Waals surface area contributed by atoms with E-state index in [9.17, 15) is 4.79 Å². The van der Waals surface area contributed by atoms with E-state index in [1.54, 1.807) is 25.8 Å². The average Bonchev–Trinajstić information content (AvgIpc) is 2.36. The summed E-state index contributed by atoms with van der Waals surface area (Å²) in [6.07, 6.45) is 0. The van der Waals surface area contributed by atoms with Crippen molar-refractivity contribution in [3.05, 3.63) is 29.8 Å². The van der Waals surface area contributed by atoms with Gasteiger partial charge in [-0.3, -0.25) is 4.79 Å². The third-order valence-electron chi connectivity index (χ3n) is 3.18. The Hall–Kier alpha value is -1.16. The van der Waals surface area contributed by atoms with Gasteiger partial charge in [0.1, 0.15) is 5.75 Å². The number of ether oxygens (including phenoxy) is 1. The van der Waals surface area contributed by atoms with E-state index in [-0.39, 0.29) is 10.7 Å². The van der Waals surface area contributed by atoms with E-state index < -0.39 is 5.97 Å². The molecule has 0 aliphatic heterocycles. The number of carbonyl (C=O) groups is 1. The molecular weight excluding hydrogens is 248 g/mol. The molecule has 0 bridgehead atoms. The van der Waals surface area contributed by atoms with Crippen LogP contribution in [-0.2, 0) is 10.5 Å². The van der Waals surface area contributed by atoms with Crippen molar-refractivity contribution in [1.82, 2.24) is 0 Å². The molecule has 0 aliphatic carbocycles. The number of rotatable bonds is 6. The largest absolute Gasteiger partial charge is 0.497 e. The summed E-state index contributed by atoms with van der Waals surface area (Å²) >= 11 is 1.66. The summed E-state index contributed by atoms with van der Waals surface area (Å²) in [5, 5.41) is 9.05. The van der Waals surface area contributed by atoms with Crippen LogP contribution in [0.2, 0.25) is 0 Å². The Balaban J connectivity index is 2.60. The van der Waals surface area contributed by atoms with E-state index in [1.807, 2.05) is 38.1 Å². The lowest BCUT2D eigenvalue weighted by molar-refractivity contribution is -0.141. The summed E-state index contributed by atoms with van der Waals surface area (Å²) < 4.78 is 4.81. The van der Waals surface area contributed by atoms with Crippen LogP contribution < -0.4 is 4.74 Å². The smallest absolute Gasteiger partial charge is 0.307 e. The Bertz CT molecular complexity index is 398. The van der Waals surface area contributed by atoms with Gasteiger partial charge in [0.2, 0.25) is 0 Å². The maximum atomic E-state index is 11.0. The molecule has 0 saturated carbocycles. The van der Waals surface area contributed by atoms with Gasteiger partial charge in [-0.15, -0.1) is 0 Å². The predicted molar refractivity (Wildman–Crippen MR) is 75.2 cm³/mol. The highest BCUT2D eigenvalue weighted by Crippen LogP contribution is 2.35. The Morgan fingerprint density at radius 3 is 2.39 bits per heavy atom. The van der Waals surface area contributed by atoms with Gasteiger partial charge in [0.25, 0.3) is 0 Å². The van der Waals surface area contributed by atoms with Crippen LogP contribution >= 0.6 is 11.8 Å². The quantitative estimate of drug-likeness (QED) is 0.858. The number of carboxylic acids is 1. The fraction of sp³-hybridized carbons (Fsp3) is 0.500. The molecule has 1 aromatic carbocycles. The van der Waals surface area contributed by atoms with Crippen molar-refractivity contribution < 1.29 is 14.6 Å². The first-order valence-corrected chi connectivity index (χ1v) is 6.85. The van der Waals surface area contributed by atoms with Crippen molar-refractivity contribution in [1.29, 1.82) is 0 Å². The number of methoxy groups -OCH3 is 1. The topological polar surface area (TPSA) is 46.5 Å². The molecule has 0 amide bonds. The summed E-state index contributed by atoms with van der Waals surface area (Å²) in [5.74, 6) is 0.513. The number of benzene rings is 1. The van der Waals surface area contributed by atoms with Gasteiger partial charge in [-0.2, -0.15) is 11.8 Å². The molecule has 0 fully saturated rings. The van der Waals surface area contributed by atoms with Gasteiger partial charge in [-0.25, -0.2) is 0 Å². The van der Waals surface area contributed by atoms with Crippen molar-refractivity contribution in [2.75, 3.05) is 7.11 Å². The minimum Gasteiger partial charge on any atom is -0.497 e. The van der Waals surface area contributed by atoms with Gasteiger partial charge >= 0.3 is 5.97 Å². The summed E-state index contributed by atoms with van der Waals surface area (Å²) in [4.78, 5) is 11.0. The zero-order valence-electron chi connectivity index (χ0n) is 11.3. The van der Waals surface area contributed by atoms with Crippen LogP contribution in [0.15, 0.2) is 24.3 Å². The molecule has 1 rings (SSSR count). The molecule has 0 heterocycles. The molecule has 100 valence electrons. The normalized spacial score (nSPS) is 13.1. The van der Waals surface area contributed by atoms with Gasteiger partial charge in [-0.05, 0) is 31.5 Å². The summed E-state index contributed by atoms with van der Waals surface area (Å²) in [6, 6.07) is 7.85. The zero-order chi connectivity index (χ0) is 13.8. The lowest BCUT2D eigenvalue weighted by atomic mass is 9.97. The first kappa shape index (κ1) is 14.9. The molecular formula is C14H20O3S. The Morgan fingerprint density at radius 1 is 1.39 bits per heavy atom. The number of aliphatic carboxylic acids is 1. The van der Waals surface area contributed by atoms with Crippen LogP contribution in [0.3, 0.4) is 0 Å². The third kappa shape index (κ3) is 3.95. The Kier molecular flexibility index (Phi) is 5.08. The number of hydrogen-bond donors (Lipinski definition) is 1. The van der Waals surface area contributed by atoms with E-state index in [1.165, 1.54) is 5.56 Å². The van der Waals surface area contributed by atoms with Crippen LogP contribution in [0.5, 0.6) is 5.75 Å². The summed E-state index contributed by atoms with van der Waals surface area (Å²) in [7, 11) is 1.64. The second kappa shape index (κ2) is 6.14. The van der Waals surface area contributed by atoms with Crippen LogP contribution in [0, 0.1) is 5.92 Å². The molecule has 3 nitrogen and oxygen atoms in total. The highest BCUT2D eigenvalue weighted by atomic mass is 32.2. The molecule has 0 radical (unpaired) electrons. The number of thioether (sulfide) groups is 1. The molecule has 4 heteroatoms. The standard InChI is InChI=1S/C14H20O3S/c1-10(13(15)16)14(2,3)18-9-11-5-7-12(17-4)8-6-11/h5-8,10H,9H2,1-4H3,(H,15,16). The first-order chi connectivity index (χ1) is 8.36. The number of carboxylic acid groups (broad SMARTS) is 1. The molecule has 18 heavy (non-hydrogen) atoms. The van der Waals surface area contributed by atoms with Gasteiger partial charge in [0.15, 0.2) is 0 Å². The molecule has 0 saturated heterocycles. The van der Waals surface area contributed by atoms with E-state index in [2.05, 4.69) is 0 Å². The summed E-state index contributed by atoms with van der Waals surface area (Å²) in [5.41, 5.74) is 1.17. The van der Waals surface area contributed by atoms with E-state index in [4.69, 9.17) is 9.84 Å². The zero-order valence-corrected chi connectivity index (χ0v) is 12.1. The van der Waals surface area contributed by atoms with E-state index >= 15 is 0 Å². The lowest BCUT2D eigenvalue weighted by Gasteiger charge is -2.28. The van der Waals surface area contributed by atoms with Gasteiger partial charge in [0.05, 0.1) is 13.0 Å². The average molecular weight is 268 g/mol. The van der Waals surface area contributed by atoms with Crippen molar-refractivity contribution in [3.63, 3.8) is 0 Å². The van der Waals surface area contributed by atoms with Crippen LogP contribution in [0.1, 0.15) is 26.3 Å².